The molecule has 5 nitrogen and oxygen atoms in total. The first kappa shape index (κ1) is 38.1. The van der Waals surface area contributed by atoms with Crippen LogP contribution in [-0.4, -0.2) is 14.5 Å². The zero-order valence-corrected chi connectivity index (χ0v) is 37.4. The number of hydrogen-bond donors (Lipinski definition) is 0. The third-order valence-electron chi connectivity index (χ3n) is 11.0. The quantitative estimate of drug-likeness (QED) is 0.161. The maximum absolute atomic E-state index is 7.86. The molecular weight excluding hydrogens is 937 g/mol. The van der Waals surface area contributed by atoms with Gasteiger partial charge in [-0.15, -0.1) is 47.5 Å². The van der Waals surface area contributed by atoms with Crippen molar-refractivity contribution >= 4 is 38.7 Å². The van der Waals surface area contributed by atoms with Crippen LogP contribution in [-0.2, 0) is 25.5 Å². The molecule has 0 N–H and O–H groups in total. The van der Waals surface area contributed by atoms with Crippen LogP contribution in [0.4, 0.5) is 5.69 Å². The number of rotatable bonds is 5. The molecule has 0 aliphatic rings. The normalized spacial score (nSPS) is 12.2. The van der Waals surface area contributed by atoms with Crippen LogP contribution in [0.1, 0.15) is 47.1 Å². The number of nitrogens with zero attached hydrogens (tertiary/aromatic N) is 4. The average molecular weight is 984 g/mol. The van der Waals surface area contributed by atoms with Gasteiger partial charge in [0, 0.05) is 41.5 Å². The molecule has 0 bridgehead atoms. The van der Waals surface area contributed by atoms with Crippen molar-refractivity contribution in [3.63, 3.8) is 0 Å². The molecule has 10 rings (SSSR count). The minimum atomic E-state index is -2.22. The number of furan rings is 1. The molecule has 7 aromatic carbocycles. The SMILES string of the molecule is [2H]C([2H])([2H])c1ccc2c(c1)oc1c(-c3nc4ccccc4n3-c3ccc(-c4ccccc4)cc3C(C)(C)C)[c-]ccc12.[C-]#[N+]c1ccc(-c2cc(-c3ccc(C)cn3)[c-]cc2C)cc1.[Ir]. The molecule has 305 valence electrons. The van der Waals surface area contributed by atoms with Gasteiger partial charge in [0.15, 0.2) is 5.69 Å². The van der Waals surface area contributed by atoms with E-state index in [9.17, 15) is 0 Å². The van der Waals surface area contributed by atoms with E-state index in [1.807, 2.05) is 92.0 Å². The largest absolute Gasteiger partial charge is 0.501 e. The van der Waals surface area contributed by atoms with Gasteiger partial charge >= 0.3 is 0 Å². The Morgan fingerprint density at radius 2 is 1.50 bits per heavy atom. The Kier molecular flexibility index (Phi) is 10.6. The van der Waals surface area contributed by atoms with Crippen LogP contribution < -0.4 is 0 Å². The van der Waals surface area contributed by atoms with E-state index in [0.29, 0.717) is 16.9 Å². The summed E-state index contributed by atoms with van der Waals surface area (Å²) in [5.74, 6) is 0.717. The topological polar surface area (TPSA) is 48.2 Å². The summed E-state index contributed by atoms with van der Waals surface area (Å²) in [6.45, 7) is 15.6. The molecule has 62 heavy (non-hydrogen) atoms. The maximum Gasteiger partial charge on any atom is 0.187 e. The molecule has 3 heterocycles. The Bertz CT molecular complexity index is 3380. The predicted molar refractivity (Wildman–Crippen MR) is 251 cm³/mol. The molecule has 0 spiro atoms. The van der Waals surface area contributed by atoms with E-state index in [0.717, 1.165) is 78.0 Å². The van der Waals surface area contributed by atoms with Crippen LogP contribution in [0.25, 0.3) is 88.4 Å². The number of pyridine rings is 1. The first-order valence-electron chi connectivity index (χ1n) is 21.8. The summed E-state index contributed by atoms with van der Waals surface area (Å²) in [5, 5.41) is 1.75. The second-order valence-corrected chi connectivity index (χ2v) is 16.3. The van der Waals surface area contributed by atoms with Gasteiger partial charge in [-0.2, -0.15) is 0 Å². The molecule has 10 aromatic rings. The number of imidazole rings is 1. The molecule has 0 unspecified atom stereocenters. The Morgan fingerprint density at radius 1 is 0.742 bits per heavy atom. The monoisotopic (exact) mass is 984 g/mol. The van der Waals surface area contributed by atoms with Crippen LogP contribution in [0.3, 0.4) is 0 Å². The summed E-state index contributed by atoms with van der Waals surface area (Å²) in [6.07, 6.45) is 1.87. The van der Waals surface area contributed by atoms with Crippen LogP contribution in [0, 0.1) is 39.4 Å². The maximum atomic E-state index is 7.86. The smallest absolute Gasteiger partial charge is 0.187 e. The molecule has 0 aliphatic heterocycles. The molecule has 0 amide bonds. The van der Waals surface area contributed by atoms with Crippen LogP contribution >= 0.6 is 0 Å². The van der Waals surface area contributed by atoms with E-state index >= 15 is 0 Å². The zero-order valence-electron chi connectivity index (χ0n) is 38.0. The number of aryl methyl sites for hydroxylation is 3. The second-order valence-electron chi connectivity index (χ2n) is 16.3. The molecule has 0 atom stereocenters. The van der Waals surface area contributed by atoms with Crippen molar-refractivity contribution < 1.29 is 28.6 Å². The Labute approximate surface area is 381 Å². The molecule has 0 fully saturated rings. The van der Waals surface area contributed by atoms with Crippen molar-refractivity contribution in [3.8, 4) is 50.6 Å². The first-order chi connectivity index (χ1) is 30.8. The molecule has 0 saturated heterocycles. The fraction of sp³-hybridized carbons (Fsp3) is 0.125. The van der Waals surface area contributed by atoms with Gasteiger partial charge in [-0.05, 0) is 88.6 Å². The van der Waals surface area contributed by atoms with E-state index in [1.54, 1.807) is 12.1 Å². The molecule has 0 saturated carbocycles. The Morgan fingerprint density at radius 3 is 2.24 bits per heavy atom. The minimum Gasteiger partial charge on any atom is -0.501 e. The van der Waals surface area contributed by atoms with E-state index in [-0.39, 0.29) is 31.1 Å². The molecule has 0 aliphatic carbocycles. The van der Waals surface area contributed by atoms with Crippen molar-refractivity contribution in [1.29, 1.82) is 0 Å². The summed E-state index contributed by atoms with van der Waals surface area (Å²) in [5.41, 5.74) is 15.5. The summed E-state index contributed by atoms with van der Waals surface area (Å²) in [4.78, 5) is 13.0. The minimum absolute atomic E-state index is 0. The van der Waals surface area contributed by atoms with Crippen molar-refractivity contribution in [1.82, 2.24) is 14.5 Å². The van der Waals surface area contributed by atoms with Crippen molar-refractivity contribution in [3.05, 3.63) is 204 Å². The van der Waals surface area contributed by atoms with Gasteiger partial charge in [0.25, 0.3) is 0 Å². The van der Waals surface area contributed by atoms with Crippen molar-refractivity contribution in [2.24, 2.45) is 0 Å². The third-order valence-corrected chi connectivity index (χ3v) is 11.0. The first-order valence-corrected chi connectivity index (χ1v) is 20.3. The average Bonchev–Trinajstić information content (AvgIpc) is 3.88. The van der Waals surface area contributed by atoms with Gasteiger partial charge in [0.1, 0.15) is 5.58 Å². The van der Waals surface area contributed by atoms with Crippen LogP contribution in [0.2, 0.25) is 0 Å². The van der Waals surface area contributed by atoms with Gasteiger partial charge in [0.2, 0.25) is 0 Å². The van der Waals surface area contributed by atoms with Crippen molar-refractivity contribution in [2.75, 3.05) is 0 Å². The van der Waals surface area contributed by atoms with E-state index in [4.69, 9.17) is 20.1 Å². The Hall–Kier alpha value is -6.90. The fourth-order valence-corrected chi connectivity index (χ4v) is 7.85. The zero-order chi connectivity index (χ0) is 44.8. The van der Waals surface area contributed by atoms with E-state index in [1.165, 1.54) is 11.1 Å². The summed E-state index contributed by atoms with van der Waals surface area (Å²) >= 11 is 0. The van der Waals surface area contributed by atoms with Crippen molar-refractivity contribution in [2.45, 2.75) is 46.9 Å². The Balaban J connectivity index is 0.000000212. The van der Waals surface area contributed by atoms with Gasteiger partial charge in [-0.1, -0.05) is 141 Å². The van der Waals surface area contributed by atoms with Gasteiger partial charge in [0.05, 0.1) is 29.0 Å². The fourth-order valence-electron chi connectivity index (χ4n) is 7.85. The molecule has 1 radical (unpaired) electrons. The summed E-state index contributed by atoms with van der Waals surface area (Å²) in [6, 6.07) is 56.7. The van der Waals surface area contributed by atoms with Gasteiger partial charge in [-0.3, -0.25) is 4.98 Å². The number of benzene rings is 7. The van der Waals surface area contributed by atoms with E-state index in [2.05, 4.69) is 115 Å². The molecule has 6 heteroatoms. The summed E-state index contributed by atoms with van der Waals surface area (Å²) < 4.78 is 32.2. The van der Waals surface area contributed by atoms with Crippen LogP contribution in [0.15, 0.2) is 162 Å². The van der Waals surface area contributed by atoms with Gasteiger partial charge in [-0.25, -0.2) is 4.85 Å². The second kappa shape index (κ2) is 17.2. The number of para-hydroxylation sites is 2. The standard InChI is InChI=1S/C36H29N2O.C20H15N2.Ir/c1-23-17-19-26-27-13-10-14-28(34(27)39-33(26)21-23)35-37-30-15-8-9-16-32(30)38(35)31-20-18-25(22-29(31)36(2,3)4)24-11-6-5-7-12-24;1-14-4-11-20(22-13-14)17-6-5-15(2)19(12-17)16-7-9-18(21-3)10-8-16;/h5-13,15-22H,1-4H3;4-5,7-13H,1-2H3;/q2*-1;/i1D3;;. The number of aromatic nitrogens is 3. The molecule has 3 aromatic heterocycles. The van der Waals surface area contributed by atoms with Crippen LogP contribution in [0.5, 0.6) is 0 Å². The number of fused-ring (bicyclic) bond motifs is 4. The number of hydrogen-bond acceptors (Lipinski definition) is 3. The van der Waals surface area contributed by atoms with Gasteiger partial charge < -0.3 is 14.0 Å². The third kappa shape index (κ3) is 8.14. The predicted octanol–water partition coefficient (Wildman–Crippen LogP) is 15.0. The molecular formula is C56H44IrN4O-2. The summed E-state index contributed by atoms with van der Waals surface area (Å²) in [7, 11) is 0. The van der Waals surface area contributed by atoms with E-state index < -0.39 is 6.85 Å².